The second-order valence-corrected chi connectivity index (χ2v) is 6.79. The van der Waals surface area contributed by atoms with Gasteiger partial charge >= 0.3 is 12.1 Å². The monoisotopic (exact) mass is 333 g/mol. The van der Waals surface area contributed by atoms with Gasteiger partial charge < -0.3 is 9.47 Å². The number of esters is 1. The summed E-state index contributed by atoms with van der Waals surface area (Å²) in [5, 5.41) is 0. The van der Waals surface area contributed by atoms with Crippen LogP contribution in [0.25, 0.3) is 0 Å². The summed E-state index contributed by atoms with van der Waals surface area (Å²) in [7, 11) is 0. The summed E-state index contributed by atoms with van der Waals surface area (Å²) in [5.41, 5.74) is 0.182. The van der Waals surface area contributed by atoms with Crippen LogP contribution in [0.15, 0.2) is 30.3 Å². The number of hydrogen-bond donors (Lipinski definition) is 0. The Kier molecular flexibility index (Phi) is 5.59. The van der Waals surface area contributed by atoms with Crippen molar-refractivity contribution in [2.45, 2.75) is 51.9 Å². The highest BCUT2D eigenvalue weighted by molar-refractivity contribution is 5.90. The molecule has 6 heteroatoms. The molecule has 1 saturated heterocycles. The van der Waals surface area contributed by atoms with Gasteiger partial charge in [-0.15, -0.1) is 0 Å². The number of likely N-dealkylation sites (tertiary alicyclic amines) is 1. The van der Waals surface area contributed by atoms with E-state index in [2.05, 4.69) is 0 Å². The summed E-state index contributed by atoms with van der Waals surface area (Å²) in [4.78, 5) is 37.5. The van der Waals surface area contributed by atoms with Gasteiger partial charge in [-0.3, -0.25) is 9.69 Å². The lowest BCUT2D eigenvalue weighted by Gasteiger charge is -2.34. The highest BCUT2D eigenvalue weighted by Crippen LogP contribution is 2.20. The molecule has 0 aromatic heterocycles. The fourth-order valence-corrected chi connectivity index (χ4v) is 2.44. The van der Waals surface area contributed by atoms with E-state index >= 15 is 0 Å². The quantitative estimate of drug-likeness (QED) is 0.795. The van der Waals surface area contributed by atoms with Crippen molar-refractivity contribution in [1.82, 2.24) is 4.90 Å². The molecule has 0 radical (unpaired) electrons. The molecule has 1 aliphatic heterocycles. The lowest BCUT2D eigenvalue weighted by Crippen LogP contribution is -2.52. The number of nitrogens with zero attached hydrogens (tertiary/aromatic N) is 1. The molecule has 1 aromatic rings. The summed E-state index contributed by atoms with van der Waals surface area (Å²) in [5.74, 6) is -0.599. The van der Waals surface area contributed by atoms with Gasteiger partial charge in [-0.1, -0.05) is 30.3 Å². The minimum atomic E-state index is -0.787. The molecule has 0 unspecified atom stereocenters. The fourth-order valence-electron chi connectivity index (χ4n) is 2.44. The first kappa shape index (κ1) is 18.0. The van der Waals surface area contributed by atoms with Crippen molar-refractivity contribution in [2.24, 2.45) is 0 Å². The van der Waals surface area contributed by atoms with Gasteiger partial charge in [0.2, 0.25) is 0 Å². The van der Waals surface area contributed by atoms with E-state index in [1.165, 1.54) is 4.90 Å². The van der Waals surface area contributed by atoms with Crippen molar-refractivity contribution >= 4 is 17.8 Å². The highest BCUT2D eigenvalue weighted by Gasteiger charge is 2.38. The van der Waals surface area contributed by atoms with Gasteiger partial charge in [-0.2, -0.15) is 0 Å². The Morgan fingerprint density at radius 1 is 1.21 bits per heavy atom. The molecule has 2 rings (SSSR count). The molecule has 1 heterocycles. The molecule has 0 spiro atoms. The predicted octanol–water partition coefficient (Wildman–Crippen LogP) is 2.70. The summed E-state index contributed by atoms with van der Waals surface area (Å²) in [6.07, 6.45) is -0.164. The number of carbonyl (C=O) groups is 3. The van der Waals surface area contributed by atoms with Gasteiger partial charge in [0.05, 0.1) is 6.54 Å². The number of ether oxygens (including phenoxy) is 2. The number of benzene rings is 1. The van der Waals surface area contributed by atoms with Crippen LogP contribution in [0.1, 0.15) is 39.2 Å². The SMILES string of the molecule is CC(C)(C)OC(=O)[C@@H]1CCC(=O)CN1C(=O)OCc1ccccc1. The zero-order chi connectivity index (χ0) is 17.7. The predicted molar refractivity (Wildman–Crippen MR) is 87.2 cm³/mol. The maximum Gasteiger partial charge on any atom is 0.411 e. The van der Waals surface area contributed by atoms with Gasteiger partial charge in [0, 0.05) is 6.42 Å². The number of piperidine rings is 1. The lowest BCUT2D eigenvalue weighted by atomic mass is 10.0. The van der Waals surface area contributed by atoms with Crippen LogP contribution in [-0.2, 0) is 25.7 Å². The van der Waals surface area contributed by atoms with Gasteiger partial charge in [0.1, 0.15) is 18.2 Å². The molecule has 1 amide bonds. The molecule has 0 bridgehead atoms. The van der Waals surface area contributed by atoms with E-state index in [9.17, 15) is 14.4 Å². The molecule has 6 nitrogen and oxygen atoms in total. The molecule has 130 valence electrons. The maximum absolute atomic E-state index is 12.3. The first-order valence-electron chi connectivity index (χ1n) is 7.98. The van der Waals surface area contributed by atoms with Crippen molar-refractivity contribution in [3.05, 3.63) is 35.9 Å². The number of hydrogen-bond acceptors (Lipinski definition) is 5. The zero-order valence-electron chi connectivity index (χ0n) is 14.3. The Bertz CT molecular complexity index is 606. The Morgan fingerprint density at radius 2 is 1.88 bits per heavy atom. The summed E-state index contributed by atoms with van der Waals surface area (Å²) >= 11 is 0. The number of Topliss-reactive ketones (excluding diaryl/α,β-unsaturated/α-hetero) is 1. The molecule has 1 aromatic carbocycles. The molecule has 0 saturated carbocycles. The largest absolute Gasteiger partial charge is 0.458 e. The second kappa shape index (κ2) is 7.47. The highest BCUT2D eigenvalue weighted by atomic mass is 16.6. The topological polar surface area (TPSA) is 72.9 Å². The van der Waals surface area contributed by atoms with Crippen molar-refractivity contribution in [1.29, 1.82) is 0 Å². The van der Waals surface area contributed by atoms with Crippen LogP contribution < -0.4 is 0 Å². The molecule has 1 atom stereocenters. The summed E-state index contributed by atoms with van der Waals surface area (Å²) < 4.78 is 10.6. The summed E-state index contributed by atoms with van der Waals surface area (Å²) in [6, 6.07) is 8.44. The Labute approximate surface area is 141 Å². The average molecular weight is 333 g/mol. The third-order valence-corrected chi connectivity index (χ3v) is 3.54. The average Bonchev–Trinajstić information content (AvgIpc) is 2.51. The van der Waals surface area contributed by atoms with Gasteiger partial charge in [-0.25, -0.2) is 9.59 Å². The Balaban J connectivity index is 2.03. The molecular weight excluding hydrogens is 310 g/mol. The first-order valence-corrected chi connectivity index (χ1v) is 7.98. The standard InChI is InChI=1S/C18H23NO5/c1-18(2,3)24-16(21)15-10-9-14(20)11-19(15)17(22)23-12-13-7-5-4-6-8-13/h4-8,15H,9-12H2,1-3H3/t15-/m0/s1. The first-order chi connectivity index (χ1) is 11.3. The minimum Gasteiger partial charge on any atom is -0.458 e. The van der Waals surface area contributed by atoms with Crippen LogP contribution in [0.5, 0.6) is 0 Å². The van der Waals surface area contributed by atoms with Crippen LogP contribution in [0.4, 0.5) is 4.79 Å². The van der Waals surface area contributed by atoms with E-state index < -0.39 is 23.7 Å². The maximum atomic E-state index is 12.3. The van der Waals surface area contributed by atoms with E-state index in [1.54, 1.807) is 20.8 Å². The van der Waals surface area contributed by atoms with Crippen LogP contribution >= 0.6 is 0 Å². The van der Waals surface area contributed by atoms with E-state index in [1.807, 2.05) is 30.3 Å². The van der Waals surface area contributed by atoms with Crippen molar-refractivity contribution in [2.75, 3.05) is 6.54 Å². The van der Waals surface area contributed by atoms with E-state index in [0.29, 0.717) is 0 Å². The van der Waals surface area contributed by atoms with Crippen molar-refractivity contribution in [3.63, 3.8) is 0 Å². The molecule has 0 N–H and O–H groups in total. The lowest BCUT2D eigenvalue weighted by molar-refractivity contribution is -0.162. The van der Waals surface area contributed by atoms with E-state index in [0.717, 1.165) is 5.56 Å². The molecular formula is C18H23NO5. The number of ketones is 1. The van der Waals surface area contributed by atoms with Crippen molar-refractivity contribution < 1.29 is 23.9 Å². The minimum absolute atomic E-state index is 0.0887. The van der Waals surface area contributed by atoms with E-state index in [4.69, 9.17) is 9.47 Å². The van der Waals surface area contributed by atoms with Crippen LogP contribution in [0.2, 0.25) is 0 Å². The number of rotatable bonds is 3. The molecule has 1 aliphatic rings. The smallest absolute Gasteiger partial charge is 0.411 e. The number of amides is 1. The zero-order valence-corrected chi connectivity index (χ0v) is 14.3. The van der Waals surface area contributed by atoms with Crippen LogP contribution in [0, 0.1) is 0 Å². The Hall–Kier alpha value is -2.37. The van der Waals surface area contributed by atoms with Crippen molar-refractivity contribution in [3.8, 4) is 0 Å². The normalized spacial score (nSPS) is 18.2. The van der Waals surface area contributed by atoms with Gasteiger partial charge in [-0.05, 0) is 32.8 Å². The Morgan fingerprint density at radius 3 is 2.50 bits per heavy atom. The van der Waals surface area contributed by atoms with Gasteiger partial charge in [0.15, 0.2) is 5.78 Å². The fraction of sp³-hybridized carbons (Fsp3) is 0.500. The van der Waals surface area contributed by atoms with Crippen LogP contribution in [0.3, 0.4) is 0 Å². The van der Waals surface area contributed by atoms with Crippen LogP contribution in [-0.4, -0.2) is 40.9 Å². The molecule has 24 heavy (non-hydrogen) atoms. The third-order valence-electron chi connectivity index (χ3n) is 3.54. The van der Waals surface area contributed by atoms with Gasteiger partial charge in [0.25, 0.3) is 0 Å². The number of carbonyl (C=O) groups excluding carboxylic acids is 3. The molecule has 0 aliphatic carbocycles. The second-order valence-electron chi connectivity index (χ2n) is 6.79. The summed E-state index contributed by atoms with van der Waals surface area (Å²) in [6.45, 7) is 5.24. The van der Waals surface area contributed by atoms with E-state index in [-0.39, 0.29) is 31.8 Å². The third kappa shape index (κ3) is 5.08. The molecule has 1 fully saturated rings.